The van der Waals surface area contributed by atoms with Gasteiger partial charge in [-0.25, -0.2) is 4.98 Å². The molecule has 2 heterocycles. The number of anilines is 1. The van der Waals surface area contributed by atoms with Crippen LogP contribution in [0.15, 0.2) is 30.3 Å². The zero-order valence-electron chi connectivity index (χ0n) is 10.9. The number of para-hydroxylation sites is 1. The summed E-state index contributed by atoms with van der Waals surface area (Å²) in [4.78, 5) is 18.4. The Morgan fingerprint density at radius 3 is 2.95 bits per heavy atom. The first-order valence-electron chi connectivity index (χ1n) is 6.53. The van der Waals surface area contributed by atoms with E-state index in [2.05, 4.69) is 10.4 Å². The van der Waals surface area contributed by atoms with Gasteiger partial charge in [0.15, 0.2) is 0 Å². The molecule has 1 aliphatic rings. The normalized spacial score (nSPS) is 18.5. The molecule has 1 unspecified atom stereocenters. The number of β-amino-alcohol motifs (C(OH)–C–C–N with tert-alkyl or cyclic N) is 1. The highest BCUT2D eigenvalue weighted by Crippen LogP contribution is 2.23. The molecule has 104 valence electrons. The Morgan fingerprint density at radius 2 is 2.25 bits per heavy atom. The van der Waals surface area contributed by atoms with Gasteiger partial charge >= 0.3 is 0 Å². The number of carbonyl (C=O) groups is 1. The number of nitrogens with one attached hydrogen (secondary N) is 1. The first kappa shape index (κ1) is 12.8. The van der Waals surface area contributed by atoms with E-state index in [9.17, 15) is 9.90 Å². The van der Waals surface area contributed by atoms with E-state index in [-0.39, 0.29) is 5.91 Å². The zero-order chi connectivity index (χ0) is 14.1. The van der Waals surface area contributed by atoms with Gasteiger partial charge in [-0.05, 0) is 18.6 Å². The number of benzene rings is 1. The molecule has 0 bridgehead atoms. The monoisotopic (exact) mass is 272 g/mol. The number of amides is 1. The lowest BCUT2D eigenvalue weighted by atomic mass is 10.1. The van der Waals surface area contributed by atoms with Gasteiger partial charge < -0.3 is 15.4 Å². The largest absolute Gasteiger partial charge is 0.391 e. The number of hydrazine groups is 1. The van der Waals surface area contributed by atoms with Gasteiger partial charge in [-0.15, -0.1) is 0 Å². The maximum absolute atomic E-state index is 12.4. The highest BCUT2D eigenvalue weighted by atomic mass is 16.3. The van der Waals surface area contributed by atoms with Crippen LogP contribution in [0.5, 0.6) is 0 Å². The lowest BCUT2D eigenvalue weighted by molar-refractivity contribution is 0.0759. The number of aromatic nitrogens is 1. The molecule has 0 saturated carbocycles. The van der Waals surface area contributed by atoms with Gasteiger partial charge in [-0.3, -0.25) is 10.6 Å². The van der Waals surface area contributed by atoms with E-state index < -0.39 is 6.10 Å². The van der Waals surface area contributed by atoms with Gasteiger partial charge in [0.1, 0.15) is 5.69 Å². The Kier molecular flexibility index (Phi) is 3.25. The van der Waals surface area contributed by atoms with Crippen molar-refractivity contribution in [1.29, 1.82) is 0 Å². The van der Waals surface area contributed by atoms with Gasteiger partial charge in [-0.2, -0.15) is 0 Å². The van der Waals surface area contributed by atoms with Crippen LogP contribution in [-0.2, 0) is 0 Å². The van der Waals surface area contributed by atoms with Crippen LogP contribution in [0, 0.1) is 0 Å². The van der Waals surface area contributed by atoms with E-state index >= 15 is 0 Å². The summed E-state index contributed by atoms with van der Waals surface area (Å²) in [6.07, 6.45) is 0.174. The van der Waals surface area contributed by atoms with Crippen molar-refractivity contribution in [3.8, 4) is 0 Å². The third-order valence-corrected chi connectivity index (χ3v) is 3.54. The summed E-state index contributed by atoms with van der Waals surface area (Å²) >= 11 is 0. The molecule has 20 heavy (non-hydrogen) atoms. The lowest BCUT2D eigenvalue weighted by Crippen LogP contribution is -2.30. The molecule has 0 radical (unpaired) electrons. The molecular weight excluding hydrogens is 256 g/mol. The zero-order valence-corrected chi connectivity index (χ0v) is 10.9. The first-order valence-corrected chi connectivity index (χ1v) is 6.53. The van der Waals surface area contributed by atoms with Crippen LogP contribution in [-0.4, -0.2) is 40.1 Å². The minimum atomic E-state index is -0.438. The smallest absolute Gasteiger partial charge is 0.272 e. The summed E-state index contributed by atoms with van der Waals surface area (Å²) < 4.78 is 0. The minimum absolute atomic E-state index is 0.177. The highest BCUT2D eigenvalue weighted by Gasteiger charge is 2.26. The second-order valence-electron chi connectivity index (χ2n) is 4.91. The average Bonchev–Trinajstić information content (AvgIpc) is 2.91. The summed E-state index contributed by atoms with van der Waals surface area (Å²) in [6.45, 7) is 0.915. The van der Waals surface area contributed by atoms with Gasteiger partial charge in [0.2, 0.25) is 0 Å². The van der Waals surface area contributed by atoms with Crippen LogP contribution in [0.4, 0.5) is 5.69 Å². The Bertz CT molecular complexity index is 659. The maximum Gasteiger partial charge on any atom is 0.272 e. The van der Waals surface area contributed by atoms with Crippen LogP contribution in [0.25, 0.3) is 10.9 Å². The van der Waals surface area contributed by atoms with Crippen LogP contribution < -0.4 is 11.3 Å². The molecule has 1 aromatic carbocycles. The lowest BCUT2D eigenvalue weighted by Gasteiger charge is -2.16. The highest BCUT2D eigenvalue weighted by molar-refractivity contribution is 5.99. The second kappa shape index (κ2) is 5.07. The van der Waals surface area contributed by atoms with E-state index in [0.717, 1.165) is 5.39 Å². The Labute approximate surface area is 116 Å². The standard InChI is InChI=1S/C14H16N4O2/c15-17-12-7-13(14(20)18-6-5-9(19)8-18)16-11-4-2-1-3-10(11)12/h1-4,7,9,19H,5-6,8,15H2,(H,16,17). The van der Waals surface area contributed by atoms with Gasteiger partial charge in [-0.1, -0.05) is 18.2 Å². The molecule has 1 aliphatic heterocycles. The number of fused-ring (bicyclic) bond motifs is 1. The molecule has 0 aliphatic carbocycles. The number of likely N-dealkylation sites (tertiary alicyclic amines) is 1. The van der Waals surface area contributed by atoms with Gasteiger partial charge in [0.25, 0.3) is 5.91 Å². The fourth-order valence-corrected chi connectivity index (χ4v) is 2.49. The van der Waals surface area contributed by atoms with E-state index in [1.165, 1.54) is 0 Å². The van der Waals surface area contributed by atoms with Crippen molar-refractivity contribution in [3.63, 3.8) is 0 Å². The van der Waals surface area contributed by atoms with Crippen molar-refractivity contribution in [2.24, 2.45) is 5.84 Å². The fourth-order valence-electron chi connectivity index (χ4n) is 2.49. The third-order valence-electron chi connectivity index (χ3n) is 3.54. The van der Waals surface area contributed by atoms with Crippen molar-refractivity contribution < 1.29 is 9.90 Å². The summed E-state index contributed by atoms with van der Waals surface area (Å²) in [5.74, 6) is 5.34. The van der Waals surface area contributed by atoms with Crippen molar-refractivity contribution in [3.05, 3.63) is 36.0 Å². The molecule has 1 saturated heterocycles. The number of aliphatic hydroxyl groups is 1. The van der Waals surface area contributed by atoms with Crippen molar-refractivity contribution in [1.82, 2.24) is 9.88 Å². The molecular formula is C14H16N4O2. The van der Waals surface area contributed by atoms with Crippen LogP contribution >= 0.6 is 0 Å². The Morgan fingerprint density at radius 1 is 1.45 bits per heavy atom. The minimum Gasteiger partial charge on any atom is -0.391 e. The number of hydrogen-bond donors (Lipinski definition) is 3. The number of hydrogen-bond acceptors (Lipinski definition) is 5. The maximum atomic E-state index is 12.4. The summed E-state index contributed by atoms with van der Waals surface area (Å²) in [6, 6.07) is 9.14. The van der Waals surface area contributed by atoms with Gasteiger partial charge in [0, 0.05) is 18.5 Å². The average molecular weight is 272 g/mol. The molecule has 4 N–H and O–H groups in total. The van der Waals surface area contributed by atoms with Crippen LogP contribution in [0.1, 0.15) is 16.9 Å². The second-order valence-corrected chi connectivity index (χ2v) is 4.91. The number of nitrogens with two attached hydrogens (primary N) is 1. The topological polar surface area (TPSA) is 91.5 Å². The molecule has 6 heteroatoms. The van der Waals surface area contributed by atoms with Crippen LogP contribution in [0.2, 0.25) is 0 Å². The molecule has 6 nitrogen and oxygen atoms in total. The molecule has 2 aromatic rings. The Hall–Kier alpha value is -2.18. The molecule has 0 spiro atoms. The van der Waals surface area contributed by atoms with E-state index in [1.54, 1.807) is 11.0 Å². The molecule has 1 amide bonds. The van der Waals surface area contributed by atoms with E-state index in [1.807, 2.05) is 24.3 Å². The van der Waals surface area contributed by atoms with Crippen molar-refractivity contribution in [2.45, 2.75) is 12.5 Å². The number of carbonyl (C=O) groups excluding carboxylic acids is 1. The number of nitrogen functional groups attached to an aromatic ring is 1. The predicted molar refractivity (Wildman–Crippen MR) is 76.1 cm³/mol. The number of pyridine rings is 1. The van der Waals surface area contributed by atoms with Crippen molar-refractivity contribution in [2.75, 3.05) is 18.5 Å². The molecule has 1 aromatic heterocycles. The van der Waals surface area contributed by atoms with Crippen molar-refractivity contribution >= 4 is 22.5 Å². The summed E-state index contributed by atoms with van der Waals surface area (Å²) in [7, 11) is 0. The van der Waals surface area contributed by atoms with Crippen LogP contribution in [0.3, 0.4) is 0 Å². The quantitative estimate of drug-likeness (QED) is 0.553. The number of aliphatic hydroxyl groups excluding tert-OH is 1. The van der Waals surface area contributed by atoms with Gasteiger partial charge in [0.05, 0.1) is 17.3 Å². The molecule has 1 atom stereocenters. The van der Waals surface area contributed by atoms with E-state index in [4.69, 9.17) is 5.84 Å². The fraction of sp³-hybridized carbons (Fsp3) is 0.286. The predicted octanol–water partition coefficient (Wildman–Crippen LogP) is 0.727. The third kappa shape index (κ3) is 2.19. The molecule has 1 fully saturated rings. The summed E-state index contributed by atoms with van der Waals surface area (Å²) in [5, 5.41) is 10.4. The molecule has 3 rings (SSSR count). The first-order chi connectivity index (χ1) is 9.69. The SMILES string of the molecule is NNc1cc(C(=O)N2CCC(O)C2)nc2ccccc12. The number of rotatable bonds is 2. The Balaban J connectivity index is 2.01. The summed E-state index contributed by atoms with van der Waals surface area (Å²) in [5.41, 5.74) is 4.32. The number of nitrogens with zero attached hydrogens (tertiary/aromatic N) is 2. The van der Waals surface area contributed by atoms with E-state index in [0.29, 0.717) is 36.4 Å².